The van der Waals surface area contributed by atoms with Gasteiger partial charge in [-0.3, -0.25) is 15.0 Å². The summed E-state index contributed by atoms with van der Waals surface area (Å²) in [6, 6.07) is 28.7. The second-order valence-corrected chi connectivity index (χ2v) is 23.3. The maximum Gasteiger partial charge on any atom is 0.494 e. The molecule has 3 aromatic carbocycles. The van der Waals surface area contributed by atoms with Crippen molar-refractivity contribution in [1.82, 2.24) is 35.2 Å². The molecule has 3 saturated heterocycles. The molecule has 2 unspecified atom stereocenters. The summed E-state index contributed by atoms with van der Waals surface area (Å²) >= 11 is 0. The molecule has 0 aliphatic carbocycles. The second-order valence-electron chi connectivity index (χ2n) is 23.3. The number of aromatic nitrogens is 7. The highest BCUT2D eigenvalue weighted by molar-refractivity contribution is 6.62. The van der Waals surface area contributed by atoms with Crippen molar-refractivity contribution < 1.29 is 51.3 Å². The summed E-state index contributed by atoms with van der Waals surface area (Å²) < 4.78 is 89.8. The molecule has 10 rings (SSSR count). The van der Waals surface area contributed by atoms with Crippen LogP contribution < -0.4 is 25.1 Å². The quantitative estimate of drug-likeness (QED) is 0.0580. The maximum absolute atomic E-state index is 16.1. The summed E-state index contributed by atoms with van der Waals surface area (Å²) in [5.41, 5.74) is 2.64. The third kappa shape index (κ3) is 15.3. The van der Waals surface area contributed by atoms with Crippen molar-refractivity contribution in [1.29, 1.82) is 0 Å². The van der Waals surface area contributed by atoms with E-state index in [4.69, 9.17) is 18.5 Å². The Kier molecular flexibility index (Phi) is 21.5. The molecule has 23 heteroatoms. The van der Waals surface area contributed by atoms with Crippen molar-refractivity contribution in [2.24, 2.45) is 11.8 Å². The van der Waals surface area contributed by atoms with Crippen LogP contribution in [0.25, 0.3) is 11.1 Å². The van der Waals surface area contributed by atoms with Crippen molar-refractivity contribution in [3.63, 3.8) is 0 Å². The Morgan fingerprint density at radius 2 is 1.04 bits per heavy atom. The van der Waals surface area contributed by atoms with Gasteiger partial charge in [0, 0.05) is 96.3 Å². The Labute approximate surface area is 494 Å². The zero-order chi connectivity index (χ0) is 60.6. The van der Waals surface area contributed by atoms with Crippen LogP contribution in [0.3, 0.4) is 0 Å². The van der Waals surface area contributed by atoms with E-state index in [-0.39, 0.29) is 25.7 Å². The molecule has 456 valence electrons. The first-order chi connectivity index (χ1) is 40.0. The zero-order valence-corrected chi connectivity index (χ0v) is 48.6. The number of aliphatic hydroxyl groups is 3. The molecule has 3 fully saturated rings. The van der Waals surface area contributed by atoms with Crippen LogP contribution in [0.15, 0.2) is 128 Å². The van der Waals surface area contributed by atoms with E-state index in [2.05, 4.69) is 136 Å². The van der Waals surface area contributed by atoms with Crippen molar-refractivity contribution in [3.05, 3.63) is 162 Å². The van der Waals surface area contributed by atoms with Crippen LogP contribution in [-0.4, -0.2) is 121 Å². The van der Waals surface area contributed by atoms with E-state index in [0.717, 1.165) is 122 Å². The summed E-state index contributed by atoms with van der Waals surface area (Å²) in [4.78, 5) is 22.3. The number of alkyl halides is 2. The number of benzene rings is 3. The van der Waals surface area contributed by atoms with E-state index in [1.165, 1.54) is 18.0 Å². The second kappa shape index (κ2) is 27.9. The van der Waals surface area contributed by atoms with Gasteiger partial charge in [-0.15, -0.1) is 5.10 Å². The monoisotopic (exact) mass is 1180 g/mol. The van der Waals surface area contributed by atoms with Gasteiger partial charge in [0.05, 0.1) is 65.1 Å². The van der Waals surface area contributed by atoms with Crippen LogP contribution in [0.2, 0.25) is 0 Å². The summed E-state index contributed by atoms with van der Waals surface area (Å²) in [7, 11) is -0.324. The fraction of sp³-hybridized carbons (Fsp3) is 0.452. The number of anilines is 4. The van der Waals surface area contributed by atoms with E-state index in [1.807, 2.05) is 54.9 Å². The fourth-order valence-corrected chi connectivity index (χ4v) is 10.5. The Balaban J connectivity index is 0.000000251. The molecule has 0 saturated carbocycles. The lowest BCUT2D eigenvalue weighted by molar-refractivity contribution is -0.207. The molecule has 0 radical (unpaired) electrons. The van der Waals surface area contributed by atoms with Gasteiger partial charge in [-0.2, -0.15) is 8.78 Å². The fourth-order valence-electron chi connectivity index (χ4n) is 10.5. The number of rotatable bonds is 17. The Morgan fingerprint density at radius 3 is 1.44 bits per heavy atom. The summed E-state index contributed by atoms with van der Waals surface area (Å²) in [6.07, 6.45) is 6.31. The first-order valence-corrected chi connectivity index (χ1v) is 28.2. The molecular weight excluding hydrogens is 1100 g/mol. The predicted octanol–water partition coefficient (Wildman–Crippen LogP) is 10.8. The van der Waals surface area contributed by atoms with Crippen molar-refractivity contribution in [2.45, 2.75) is 117 Å². The number of piperazine rings is 2. The predicted molar refractivity (Wildman–Crippen MR) is 319 cm³/mol. The molecule has 3 aliphatic rings. The lowest BCUT2D eigenvalue weighted by Gasteiger charge is -2.37. The van der Waals surface area contributed by atoms with Gasteiger partial charge in [-0.1, -0.05) is 65.5 Å². The summed E-state index contributed by atoms with van der Waals surface area (Å²) in [5, 5.41) is 42.4. The van der Waals surface area contributed by atoms with Gasteiger partial charge >= 0.3 is 13.0 Å². The van der Waals surface area contributed by atoms with Crippen LogP contribution >= 0.6 is 0 Å². The maximum atomic E-state index is 16.1. The van der Waals surface area contributed by atoms with E-state index in [9.17, 15) is 24.1 Å². The van der Waals surface area contributed by atoms with Crippen molar-refractivity contribution in [2.75, 3.05) is 72.0 Å². The smallest absolute Gasteiger partial charge is 0.399 e. The van der Waals surface area contributed by atoms with Gasteiger partial charge in [-0.25, -0.2) is 13.5 Å². The van der Waals surface area contributed by atoms with Crippen LogP contribution in [0.5, 0.6) is 0 Å². The topological polar surface area (TPSA) is 174 Å². The van der Waals surface area contributed by atoms with Gasteiger partial charge in [0.25, 0.3) is 0 Å². The minimum atomic E-state index is -4.14. The number of hydrogen-bond acceptors (Lipinski definition) is 15. The zero-order valence-electron chi connectivity index (χ0n) is 48.6. The molecule has 85 heavy (non-hydrogen) atoms. The molecule has 0 bridgehead atoms. The molecule has 0 spiro atoms. The number of pyridine rings is 3. The third-order valence-corrected chi connectivity index (χ3v) is 16.0. The van der Waals surface area contributed by atoms with Crippen LogP contribution in [0.1, 0.15) is 111 Å². The van der Waals surface area contributed by atoms with E-state index in [1.54, 1.807) is 0 Å². The lowest BCUT2D eigenvalue weighted by atomic mass is 9.79. The first kappa shape index (κ1) is 65.4. The number of hydrogen-bond donors (Lipinski definition) is 3. The standard InChI is InChI=1S/C35H36F4N8O2.C26H38BN3O3.CH4.F2/c1-23(2)17-32(48)31-11-9-28(20-40-31)46-15-13-45(14-16-46)27-7-3-24(4-8-27)25-5-12-33(41-19-25)35(38,39)34(49,21-47-22-42-43-44-47)29-10-6-26(36)18-30(29)37;1-19(2)17-24(31)23-12-11-22(18-28-23)30-15-13-29(14-16-30)21-9-7-20(8-10-21)27-32-25(3,4)26(5,6)33-27;;1-2/h3-12,18-20,22-23,32,48-49H,13-17,21H2,1-2H3;7-12,18-19,24,31H,13-17H2,1-6H3;1H4;/t32?,34-;;;/m0.../s1. The SMILES string of the molecule is C.CC(C)CC(O)c1ccc(N2CCN(c3ccc(-c4ccc(C(F)(F)[C@](O)(Cn5cnnn5)c5ccc(F)cc5F)nc4)cc3)CC2)cn1.CC(C)CC(O)c1ccc(N2CCN(c3ccc(B4OC(C)(C)C(C)(C)O4)cc3)CC2)cn1.FF. The highest BCUT2D eigenvalue weighted by atomic mass is 20.0. The molecule has 7 heterocycles. The van der Waals surface area contributed by atoms with Crippen LogP contribution in [-0.2, 0) is 27.4 Å². The van der Waals surface area contributed by atoms with Crippen molar-refractivity contribution in [3.8, 4) is 11.1 Å². The van der Waals surface area contributed by atoms with E-state index in [0.29, 0.717) is 35.6 Å². The molecule has 3 aliphatic heterocycles. The largest absolute Gasteiger partial charge is 0.494 e. The van der Waals surface area contributed by atoms with Gasteiger partial charge < -0.3 is 44.2 Å². The van der Waals surface area contributed by atoms with Gasteiger partial charge in [0.15, 0.2) is 5.60 Å². The first-order valence-electron chi connectivity index (χ1n) is 28.2. The highest BCUT2D eigenvalue weighted by Crippen LogP contribution is 2.47. The van der Waals surface area contributed by atoms with Crippen LogP contribution in [0.4, 0.5) is 49.5 Å². The summed E-state index contributed by atoms with van der Waals surface area (Å²) in [5.74, 6) is -5.66. The third-order valence-electron chi connectivity index (χ3n) is 16.0. The van der Waals surface area contributed by atoms with Gasteiger partial charge in [-0.05, 0) is 141 Å². The molecular formula is C62H78BF6N11O5. The van der Waals surface area contributed by atoms with E-state index >= 15 is 8.78 Å². The average Bonchev–Trinajstić information content (AvgIpc) is 1.42. The molecule has 3 atom stereocenters. The van der Waals surface area contributed by atoms with Crippen molar-refractivity contribution >= 4 is 35.3 Å². The highest BCUT2D eigenvalue weighted by Gasteiger charge is 2.58. The normalized spacial score (nSPS) is 17.3. The number of halogens is 6. The minimum absolute atomic E-state index is 0. The number of tetrazole rings is 1. The molecule has 4 aromatic heterocycles. The number of aliphatic hydroxyl groups excluding tert-OH is 2. The summed E-state index contributed by atoms with van der Waals surface area (Å²) in [6.45, 7) is 22.7. The Bertz CT molecular complexity index is 3160. The van der Waals surface area contributed by atoms with Gasteiger partial charge in [0.2, 0.25) is 0 Å². The Hall–Kier alpha value is -7.18. The molecule has 7 aromatic rings. The minimum Gasteiger partial charge on any atom is -0.399 e. The van der Waals surface area contributed by atoms with Crippen LogP contribution in [0, 0.1) is 23.5 Å². The lowest BCUT2D eigenvalue weighted by Crippen LogP contribution is -2.48. The molecule has 16 nitrogen and oxygen atoms in total. The average molecular weight is 1180 g/mol. The number of nitrogens with zero attached hydrogens (tertiary/aromatic N) is 11. The van der Waals surface area contributed by atoms with Gasteiger partial charge in [0.1, 0.15) is 23.7 Å². The molecule has 3 N–H and O–H groups in total. The molecule has 0 amide bonds. The Morgan fingerprint density at radius 1 is 0.588 bits per heavy atom. The van der Waals surface area contributed by atoms with E-state index < -0.39 is 53.2 Å².